The molecular weight excluding hydrogens is 262 g/mol. The molecule has 0 radical (unpaired) electrons. The lowest BCUT2D eigenvalue weighted by atomic mass is 9.99. The fourth-order valence-electron chi connectivity index (χ4n) is 2.52. The second-order valence-corrected chi connectivity index (χ2v) is 5.36. The molecule has 0 N–H and O–H groups in total. The van der Waals surface area contributed by atoms with Gasteiger partial charge in [0.2, 0.25) is 0 Å². The van der Waals surface area contributed by atoms with Gasteiger partial charge in [-0.25, -0.2) is 0 Å². The van der Waals surface area contributed by atoms with Gasteiger partial charge in [0.1, 0.15) is 11.5 Å². The van der Waals surface area contributed by atoms with E-state index in [-0.39, 0.29) is 5.78 Å². The summed E-state index contributed by atoms with van der Waals surface area (Å²) in [6.07, 6.45) is 2.56. The quantitative estimate of drug-likeness (QED) is 0.844. The van der Waals surface area contributed by atoms with E-state index >= 15 is 0 Å². The SMILES string of the molecule is COc1c(C)cnc(CC(=O)Cc2ccccc2C)c1C. The molecule has 0 aliphatic carbocycles. The van der Waals surface area contributed by atoms with Gasteiger partial charge in [-0.1, -0.05) is 24.3 Å². The van der Waals surface area contributed by atoms with Crippen LogP contribution in [-0.4, -0.2) is 17.9 Å². The van der Waals surface area contributed by atoms with Crippen molar-refractivity contribution in [2.45, 2.75) is 33.6 Å². The molecule has 2 rings (SSSR count). The van der Waals surface area contributed by atoms with Crippen molar-refractivity contribution in [2.24, 2.45) is 0 Å². The maximum Gasteiger partial charge on any atom is 0.143 e. The number of aryl methyl sites for hydroxylation is 2. The van der Waals surface area contributed by atoms with Gasteiger partial charge in [0.15, 0.2) is 0 Å². The maximum atomic E-state index is 12.3. The van der Waals surface area contributed by atoms with Gasteiger partial charge >= 0.3 is 0 Å². The minimum Gasteiger partial charge on any atom is -0.496 e. The second kappa shape index (κ2) is 6.53. The minimum absolute atomic E-state index is 0.172. The highest BCUT2D eigenvalue weighted by atomic mass is 16.5. The monoisotopic (exact) mass is 283 g/mol. The average Bonchev–Trinajstić information content (AvgIpc) is 2.45. The molecule has 0 saturated carbocycles. The van der Waals surface area contributed by atoms with Crippen LogP contribution in [0.2, 0.25) is 0 Å². The molecule has 3 nitrogen and oxygen atoms in total. The van der Waals surface area contributed by atoms with Crippen LogP contribution in [0.25, 0.3) is 0 Å². The first kappa shape index (κ1) is 15.2. The van der Waals surface area contributed by atoms with E-state index in [4.69, 9.17) is 4.74 Å². The summed E-state index contributed by atoms with van der Waals surface area (Å²) in [4.78, 5) is 16.7. The number of benzene rings is 1. The van der Waals surface area contributed by atoms with Crippen LogP contribution in [0.4, 0.5) is 0 Å². The topological polar surface area (TPSA) is 39.2 Å². The second-order valence-electron chi connectivity index (χ2n) is 5.36. The molecule has 0 bridgehead atoms. The van der Waals surface area contributed by atoms with Crippen LogP contribution in [0.1, 0.15) is 27.9 Å². The Morgan fingerprint density at radius 3 is 2.48 bits per heavy atom. The average molecular weight is 283 g/mol. The fourth-order valence-corrected chi connectivity index (χ4v) is 2.52. The van der Waals surface area contributed by atoms with Crippen LogP contribution in [-0.2, 0) is 17.6 Å². The Balaban J connectivity index is 2.15. The van der Waals surface area contributed by atoms with E-state index in [1.165, 1.54) is 0 Å². The lowest BCUT2D eigenvalue weighted by molar-refractivity contribution is -0.117. The number of ether oxygens (including phenoxy) is 1. The zero-order valence-electron chi connectivity index (χ0n) is 13.1. The third kappa shape index (κ3) is 3.48. The Labute approximate surface area is 126 Å². The van der Waals surface area contributed by atoms with E-state index in [0.29, 0.717) is 12.8 Å². The van der Waals surface area contributed by atoms with Crippen LogP contribution >= 0.6 is 0 Å². The highest BCUT2D eigenvalue weighted by Gasteiger charge is 2.13. The maximum absolute atomic E-state index is 12.3. The summed E-state index contributed by atoms with van der Waals surface area (Å²) in [6.45, 7) is 5.94. The summed E-state index contributed by atoms with van der Waals surface area (Å²) >= 11 is 0. The molecule has 1 heterocycles. The number of hydrogen-bond donors (Lipinski definition) is 0. The van der Waals surface area contributed by atoms with E-state index in [2.05, 4.69) is 4.98 Å². The molecule has 1 aromatic heterocycles. The van der Waals surface area contributed by atoms with Crippen molar-refractivity contribution < 1.29 is 9.53 Å². The van der Waals surface area contributed by atoms with Crippen molar-refractivity contribution >= 4 is 5.78 Å². The summed E-state index contributed by atoms with van der Waals surface area (Å²) in [5.41, 5.74) is 4.98. The number of aromatic nitrogens is 1. The van der Waals surface area contributed by atoms with Crippen LogP contribution in [0, 0.1) is 20.8 Å². The Hall–Kier alpha value is -2.16. The van der Waals surface area contributed by atoms with Crippen LogP contribution in [0.3, 0.4) is 0 Å². The molecule has 0 unspecified atom stereocenters. The normalized spacial score (nSPS) is 10.5. The largest absolute Gasteiger partial charge is 0.496 e. The standard InChI is InChI=1S/C18H21NO2/c1-12-7-5-6-8-15(12)9-16(20)10-17-14(3)18(21-4)13(2)11-19-17/h5-8,11H,9-10H2,1-4H3. The molecule has 3 heteroatoms. The summed E-state index contributed by atoms with van der Waals surface area (Å²) < 4.78 is 5.38. The van der Waals surface area contributed by atoms with Gasteiger partial charge in [0, 0.05) is 30.2 Å². The van der Waals surface area contributed by atoms with Crippen molar-refractivity contribution in [1.82, 2.24) is 4.98 Å². The first-order chi connectivity index (χ1) is 10.0. The lowest BCUT2D eigenvalue weighted by Crippen LogP contribution is -2.11. The number of methoxy groups -OCH3 is 1. The molecule has 0 fully saturated rings. The van der Waals surface area contributed by atoms with Gasteiger partial charge in [-0.3, -0.25) is 9.78 Å². The van der Waals surface area contributed by atoms with Crippen molar-refractivity contribution in [1.29, 1.82) is 0 Å². The summed E-state index contributed by atoms with van der Waals surface area (Å²) in [6, 6.07) is 7.98. The van der Waals surface area contributed by atoms with Crippen molar-refractivity contribution in [3.05, 3.63) is 58.4 Å². The Morgan fingerprint density at radius 1 is 1.10 bits per heavy atom. The third-order valence-corrected chi connectivity index (χ3v) is 3.76. The van der Waals surface area contributed by atoms with Gasteiger partial charge in [-0.15, -0.1) is 0 Å². The summed E-state index contributed by atoms with van der Waals surface area (Å²) in [7, 11) is 1.65. The highest BCUT2D eigenvalue weighted by molar-refractivity contribution is 5.83. The highest BCUT2D eigenvalue weighted by Crippen LogP contribution is 2.24. The molecule has 110 valence electrons. The number of rotatable bonds is 5. The Kier molecular flexibility index (Phi) is 4.73. The first-order valence-corrected chi connectivity index (χ1v) is 7.08. The van der Waals surface area contributed by atoms with E-state index in [0.717, 1.165) is 33.7 Å². The molecule has 2 aromatic rings. The fraction of sp³-hybridized carbons (Fsp3) is 0.333. The smallest absolute Gasteiger partial charge is 0.143 e. The first-order valence-electron chi connectivity index (χ1n) is 7.08. The molecule has 0 atom stereocenters. The van der Waals surface area contributed by atoms with Gasteiger partial charge < -0.3 is 4.74 Å². The van der Waals surface area contributed by atoms with E-state index in [9.17, 15) is 4.79 Å². The van der Waals surface area contributed by atoms with E-state index < -0.39 is 0 Å². The minimum atomic E-state index is 0.172. The van der Waals surface area contributed by atoms with Crippen LogP contribution in [0.15, 0.2) is 30.5 Å². The molecule has 0 saturated heterocycles. The van der Waals surface area contributed by atoms with E-state index in [1.807, 2.05) is 45.0 Å². The number of pyridine rings is 1. The predicted molar refractivity (Wildman–Crippen MR) is 83.9 cm³/mol. The molecule has 0 amide bonds. The molecule has 0 aliphatic heterocycles. The number of ketones is 1. The molecule has 0 aliphatic rings. The molecule has 0 spiro atoms. The van der Waals surface area contributed by atoms with E-state index in [1.54, 1.807) is 13.3 Å². The number of nitrogens with zero attached hydrogens (tertiary/aromatic N) is 1. The Morgan fingerprint density at radius 2 is 1.81 bits per heavy atom. The number of carbonyl (C=O) groups excluding carboxylic acids is 1. The molecule has 21 heavy (non-hydrogen) atoms. The van der Waals surface area contributed by atoms with Crippen molar-refractivity contribution in [2.75, 3.05) is 7.11 Å². The zero-order valence-corrected chi connectivity index (χ0v) is 13.1. The number of hydrogen-bond acceptors (Lipinski definition) is 3. The number of Topliss-reactive ketones (excluding diaryl/α,β-unsaturated/α-hetero) is 1. The van der Waals surface area contributed by atoms with Gasteiger partial charge in [-0.2, -0.15) is 0 Å². The van der Waals surface area contributed by atoms with Gasteiger partial charge in [0.05, 0.1) is 12.8 Å². The zero-order chi connectivity index (χ0) is 15.4. The molecule has 1 aromatic carbocycles. The van der Waals surface area contributed by atoms with Gasteiger partial charge in [-0.05, 0) is 31.9 Å². The van der Waals surface area contributed by atoms with Crippen LogP contribution in [0.5, 0.6) is 5.75 Å². The lowest BCUT2D eigenvalue weighted by Gasteiger charge is -2.12. The Bertz CT molecular complexity index is 662. The van der Waals surface area contributed by atoms with Crippen molar-refractivity contribution in [3.8, 4) is 5.75 Å². The summed E-state index contributed by atoms with van der Waals surface area (Å²) in [5.74, 6) is 0.995. The number of carbonyl (C=O) groups is 1. The predicted octanol–water partition coefficient (Wildman–Crippen LogP) is 3.37. The van der Waals surface area contributed by atoms with Crippen molar-refractivity contribution in [3.63, 3.8) is 0 Å². The van der Waals surface area contributed by atoms with Crippen LogP contribution < -0.4 is 4.74 Å². The third-order valence-electron chi connectivity index (χ3n) is 3.76. The summed E-state index contributed by atoms with van der Waals surface area (Å²) in [5, 5.41) is 0. The van der Waals surface area contributed by atoms with Gasteiger partial charge in [0.25, 0.3) is 0 Å². The molecular formula is C18H21NO2.